The van der Waals surface area contributed by atoms with Crippen LogP contribution < -0.4 is 5.56 Å². The van der Waals surface area contributed by atoms with E-state index in [9.17, 15) is 9.59 Å². The summed E-state index contributed by atoms with van der Waals surface area (Å²) < 4.78 is 1.26. The van der Waals surface area contributed by atoms with Crippen LogP contribution in [0.2, 0.25) is 5.02 Å². The van der Waals surface area contributed by atoms with Crippen LogP contribution in [0.3, 0.4) is 0 Å². The van der Waals surface area contributed by atoms with Crippen molar-refractivity contribution in [1.82, 2.24) is 4.57 Å². The maximum absolute atomic E-state index is 12.3. The number of fused-ring (bicyclic) bond motifs is 1. The molecule has 0 bridgehead atoms. The summed E-state index contributed by atoms with van der Waals surface area (Å²) in [7, 11) is 0. The van der Waals surface area contributed by atoms with E-state index < -0.39 is 5.97 Å². The van der Waals surface area contributed by atoms with Crippen LogP contribution in [0.4, 0.5) is 0 Å². The molecule has 94 valence electrons. The van der Waals surface area contributed by atoms with E-state index in [4.69, 9.17) is 16.7 Å². The third-order valence-corrected chi connectivity index (χ3v) is 3.14. The van der Waals surface area contributed by atoms with Crippen molar-refractivity contribution in [3.05, 3.63) is 45.3 Å². The van der Waals surface area contributed by atoms with Crippen LogP contribution in [0.5, 0.6) is 0 Å². The number of aromatic nitrogens is 1. The van der Waals surface area contributed by atoms with Gasteiger partial charge in [-0.2, -0.15) is 0 Å². The fourth-order valence-electron chi connectivity index (χ4n) is 2.01. The highest BCUT2D eigenvalue weighted by molar-refractivity contribution is 6.35. The molecule has 0 fully saturated rings. The Balaban J connectivity index is 2.84. The van der Waals surface area contributed by atoms with Gasteiger partial charge in [0.25, 0.3) is 5.56 Å². The first-order valence-electron chi connectivity index (χ1n) is 5.57. The van der Waals surface area contributed by atoms with Gasteiger partial charge in [0, 0.05) is 5.69 Å². The van der Waals surface area contributed by atoms with Gasteiger partial charge < -0.3 is 9.67 Å². The van der Waals surface area contributed by atoms with Gasteiger partial charge in [-0.05, 0) is 23.9 Å². The predicted molar refractivity (Wildman–Crippen MR) is 70.2 cm³/mol. The maximum atomic E-state index is 12.3. The summed E-state index contributed by atoms with van der Waals surface area (Å²) >= 11 is 6.01. The van der Waals surface area contributed by atoms with Crippen molar-refractivity contribution in [1.29, 1.82) is 0 Å². The van der Waals surface area contributed by atoms with Gasteiger partial charge in [-0.15, -0.1) is 0 Å². The zero-order valence-corrected chi connectivity index (χ0v) is 10.6. The molecule has 2 rings (SSSR count). The lowest BCUT2D eigenvalue weighted by Gasteiger charge is -2.11. The Morgan fingerprint density at radius 1 is 1.44 bits per heavy atom. The molecule has 0 saturated heterocycles. The third kappa shape index (κ3) is 2.11. The van der Waals surface area contributed by atoms with E-state index >= 15 is 0 Å². The average Bonchev–Trinajstić information content (AvgIpc) is 2.32. The first kappa shape index (κ1) is 12.6. The first-order chi connectivity index (χ1) is 8.54. The molecular formula is C13H12ClNO3. The highest BCUT2D eigenvalue weighted by atomic mass is 35.5. The Labute approximate surface area is 108 Å². The van der Waals surface area contributed by atoms with Crippen LogP contribution in [-0.2, 0) is 17.8 Å². The summed E-state index contributed by atoms with van der Waals surface area (Å²) in [5, 5.41) is 10.3. The SMILES string of the molecule is CCc1cc2cccc(Cl)c2c(=O)n1CC(=O)O. The minimum atomic E-state index is -1.04. The Morgan fingerprint density at radius 3 is 2.78 bits per heavy atom. The number of aryl methyl sites for hydroxylation is 1. The number of nitrogens with zero attached hydrogens (tertiary/aromatic N) is 1. The number of hydrogen-bond acceptors (Lipinski definition) is 2. The van der Waals surface area contributed by atoms with E-state index in [-0.39, 0.29) is 12.1 Å². The van der Waals surface area contributed by atoms with Crippen molar-refractivity contribution < 1.29 is 9.90 Å². The van der Waals surface area contributed by atoms with Crippen LogP contribution in [0.25, 0.3) is 10.8 Å². The normalized spacial score (nSPS) is 10.8. The second-order valence-electron chi connectivity index (χ2n) is 3.98. The van der Waals surface area contributed by atoms with E-state index in [0.717, 1.165) is 5.39 Å². The number of carboxylic acid groups (broad SMARTS) is 1. The van der Waals surface area contributed by atoms with Crippen molar-refractivity contribution in [3.63, 3.8) is 0 Å². The number of halogens is 1. The lowest BCUT2D eigenvalue weighted by Crippen LogP contribution is -2.27. The van der Waals surface area contributed by atoms with E-state index in [1.807, 2.05) is 13.0 Å². The molecule has 0 aliphatic heterocycles. The van der Waals surface area contributed by atoms with Gasteiger partial charge in [-0.1, -0.05) is 30.7 Å². The second-order valence-corrected chi connectivity index (χ2v) is 4.39. The minimum absolute atomic E-state index is 0.344. The monoisotopic (exact) mass is 265 g/mol. The zero-order valence-electron chi connectivity index (χ0n) is 9.81. The molecule has 0 radical (unpaired) electrons. The highest BCUT2D eigenvalue weighted by Crippen LogP contribution is 2.21. The minimum Gasteiger partial charge on any atom is -0.480 e. The fraction of sp³-hybridized carbons (Fsp3) is 0.231. The molecule has 0 unspecified atom stereocenters. The van der Waals surface area contributed by atoms with Crippen molar-refractivity contribution in [2.45, 2.75) is 19.9 Å². The van der Waals surface area contributed by atoms with E-state index in [1.165, 1.54) is 4.57 Å². The molecule has 5 heteroatoms. The molecule has 0 aliphatic carbocycles. The summed E-state index contributed by atoms with van der Waals surface area (Å²) in [4.78, 5) is 23.1. The molecule has 0 aliphatic rings. The standard InChI is InChI=1S/C13H12ClNO3/c1-2-9-6-8-4-3-5-10(14)12(8)13(18)15(9)7-11(16)17/h3-6H,2,7H2,1H3,(H,16,17). The van der Waals surface area contributed by atoms with Crippen LogP contribution in [0, 0.1) is 0 Å². The molecule has 0 saturated carbocycles. The van der Waals surface area contributed by atoms with Gasteiger partial charge in [-0.25, -0.2) is 0 Å². The van der Waals surface area contributed by atoms with Gasteiger partial charge in [-0.3, -0.25) is 9.59 Å². The number of benzene rings is 1. The van der Waals surface area contributed by atoms with E-state index in [2.05, 4.69) is 0 Å². The van der Waals surface area contributed by atoms with Crippen LogP contribution >= 0.6 is 11.6 Å². The third-order valence-electron chi connectivity index (χ3n) is 2.83. The van der Waals surface area contributed by atoms with Gasteiger partial charge >= 0.3 is 5.97 Å². The number of carboxylic acids is 1. The number of rotatable bonds is 3. The molecule has 1 N–H and O–H groups in total. The van der Waals surface area contributed by atoms with Crippen LogP contribution in [0.15, 0.2) is 29.1 Å². The Morgan fingerprint density at radius 2 is 2.17 bits per heavy atom. The van der Waals surface area contributed by atoms with Gasteiger partial charge in [0.15, 0.2) is 0 Å². The smallest absolute Gasteiger partial charge is 0.323 e. The maximum Gasteiger partial charge on any atom is 0.323 e. The second kappa shape index (κ2) is 4.82. The molecule has 1 aromatic heterocycles. The Kier molecular flexibility index (Phi) is 3.39. The van der Waals surface area contributed by atoms with Gasteiger partial charge in [0.1, 0.15) is 6.54 Å². The van der Waals surface area contributed by atoms with Crippen molar-refractivity contribution in [2.75, 3.05) is 0 Å². The molecule has 1 heterocycles. The largest absolute Gasteiger partial charge is 0.480 e. The number of carbonyl (C=O) groups is 1. The molecule has 0 spiro atoms. The van der Waals surface area contributed by atoms with Crippen molar-refractivity contribution in [2.24, 2.45) is 0 Å². The van der Waals surface area contributed by atoms with E-state index in [0.29, 0.717) is 22.5 Å². The number of hydrogen-bond donors (Lipinski definition) is 1. The van der Waals surface area contributed by atoms with Crippen LogP contribution in [0.1, 0.15) is 12.6 Å². The molecule has 4 nitrogen and oxygen atoms in total. The predicted octanol–water partition coefficient (Wildman–Crippen LogP) is 2.30. The molecule has 18 heavy (non-hydrogen) atoms. The molecule has 0 amide bonds. The summed E-state index contributed by atoms with van der Waals surface area (Å²) in [6.45, 7) is 1.53. The van der Waals surface area contributed by atoms with Gasteiger partial charge in [0.2, 0.25) is 0 Å². The molecule has 2 aromatic rings. The molecule has 0 atom stereocenters. The summed E-state index contributed by atoms with van der Waals surface area (Å²) in [5.74, 6) is -1.04. The number of pyridine rings is 1. The van der Waals surface area contributed by atoms with Crippen molar-refractivity contribution in [3.8, 4) is 0 Å². The first-order valence-corrected chi connectivity index (χ1v) is 5.95. The lowest BCUT2D eigenvalue weighted by molar-refractivity contribution is -0.137. The summed E-state index contributed by atoms with van der Waals surface area (Å²) in [6.07, 6.45) is 0.588. The zero-order chi connectivity index (χ0) is 13.3. The van der Waals surface area contributed by atoms with E-state index in [1.54, 1.807) is 18.2 Å². The Bertz CT molecular complexity index is 676. The average molecular weight is 266 g/mol. The summed E-state index contributed by atoms with van der Waals surface area (Å²) in [5.41, 5.74) is 0.342. The molecular weight excluding hydrogens is 254 g/mol. The lowest BCUT2D eigenvalue weighted by atomic mass is 10.1. The molecule has 1 aromatic carbocycles. The van der Waals surface area contributed by atoms with Crippen molar-refractivity contribution >= 4 is 28.3 Å². The van der Waals surface area contributed by atoms with Crippen LogP contribution in [-0.4, -0.2) is 15.6 Å². The number of aliphatic carboxylic acids is 1. The Hall–Kier alpha value is -1.81. The quantitative estimate of drug-likeness (QED) is 0.926. The summed E-state index contributed by atoms with van der Waals surface area (Å²) in [6, 6.07) is 7.01. The van der Waals surface area contributed by atoms with Gasteiger partial charge in [0.05, 0.1) is 10.4 Å². The topological polar surface area (TPSA) is 59.3 Å². The highest BCUT2D eigenvalue weighted by Gasteiger charge is 2.12. The fourth-order valence-corrected chi connectivity index (χ4v) is 2.27.